The fraction of sp³-hybridized carbons (Fsp3) is 0.318. The third-order valence-electron chi connectivity index (χ3n) is 4.85. The van der Waals surface area contributed by atoms with Crippen molar-refractivity contribution in [2.45, 2.75) is 25.8 Å². The highest BCUT2D eigenvalue weighted by molar-refractivity contribution is 7.17. The highest BCUT2D eigenvalue weighted by atomic mass is 32.1. The molecule has 1 unspecified atom stereocenters. The number of piperidine rings is 1. The SMILES string of the molecule is CCOc1cc(-c2ccccc2)sc1C(=O)NC1CCCN(c2ncccn2)C1. The largest absolute Gasteiger partial charge is 0.492 e. The number of hydrogen-bond donors (Lipinski definition) is 1. The van der Waals surface area contributed by atoms with Gasteiger partial charge in [-0.3, -0.25) is 4.79 Å². The number of hydrogen-bond acceptors (Lipinski definition) is 6. The van der Waals surface area contributed by atoms with Crippen molar-refractivity contribution >= 4 is 23.2 Å². The van der Waals surface area contributed by atoms with Crippen molar-refractivity contribution < 1.29 is 9.53 Å². The van der Waals surface area contributed by atoms with Crippen molar-refractivity contribution in [2.75, 3.05) is 24.6 Å². The summed E-state index contributed by atoms with van der Waals surface area (Å²) in [6.07, 6.45) is 5.42. The van der Waals surface area contributed by atoms with Gasteiger partial charge in [0, 0.05) is 36.4 Å². The van der Waals surface area contributed by atoms with E-state index < -0.39 is 0 Å². The van der Waals surface area contributed by atoms with Gasteiger partial charge in [0.2, 0.25) is 5.95 Å². The molecule has 0 spiro atoms. The third-order valence-corrected chi connectivity index (χ3v) is 6.02. The van der Waals surface area contributed by atoms with Crippen LogP contribution in [0.15, 0.2) is 54.9 Å². The van der Waals surface area contributed by atoms with Crippen molar-refractivity contribution in [1.82, 2.24) is 15.3 Å². The first-order valence-corrected chi connectivity index (χ1v) is 10.7. The van der Waals surface area contributed by atoms with Crippen LogP contribution in [-0.4, -0.2) is 41.6 Å². The molecule has 4 rings (SSSR count). The average molecular weight is 409 g/mol. The van der Waals surface area contributed by atoms with Crippen LogP contribution in [0.4, 0.5) is 5.95 Å². The molecule has 29 heavy (non-hydrogen) atoms. The minimum absolute atomic E-state index is 0.0526. The van der Waals surface area contributed by atoms with E-state index >= 15 is 0 Å². The smallest absolute Gasteiger partial charge is 0.265 e. The molecule has 0 saturated carbocycles. The molecule has 1 atom stereocenters. The molecule has 0 radical (unpaired) electrons. The number of aromatic nitrogens is 2. The van der Waals surface area contributed by atoms with Gasteiger partial charge in [-0.15, -0.1) is 11.3 Å². The summed E-state index contributed by atoms with van der Waals surface area (Å²) in [6, 6.07) is 13.9. The number of amides is 1. The molecule has 150 valence electrons. The van der Waals surface area contributed by atoms with Gasteiger partial charge < -0.3 is 15.0 Å². The van der Waals surface area contributed by atoms with Crippen LogP contribution >= 0.6 is 11.3 Å². The molecular weight excluding hydrogens is 384 g/mol. The minimum atomic E-state index is -0.0820. The lowest BCUT2D eigenvalue weighted by Gasteiger charge is -2.33. The van der Waals surface area contributed by atoms with Gasteiger partial charge in [0.25, 0.3) is 5.91 Å². The van der Waals surface area contributed by atoms with Crippen molar-refractivity contribution in [3.63, 3.8) is 0 Å². The van der Waals surface area contributed by atoms with E-state index in [4.69, 9.17) is 4.74 Å². The summed E-state index contributed by atoms with van der Waals surface area (Å²) >= 11 is 1.47. The molecule has 1 aromatic carbocycles. The highest BCUT2D eigenvalue weighted by Crippen LogP contribution is 2.36. The fourth-order valence-electron chi connectivity index (χ4n) is 3.52. The Hall–Kier alpha value is -2.93. The fourth-order valence-corrected chi connectivity index (χ4v) is 4.53. The Kier molecular flexibility index (Phi) is 6.05. The summed E-state index contributed by atoms with van der Waals surface area (Å²) in [6.45, 7) is 4.06. The van der Waals surface area contributed by atoms with Crippen LogP contribution in [0.2, 0.25) is 0 Å². The van der Waals surface area contributed by atoms with Crippen LogP contribution in [0.3, 0.4) is 0 Å². The number of anilines is 1. The van der Waals surface area contributed by atoms with E-state index in [0.29, 0.717) is 29.7 Å². The van der Waals surface area contributed by atoms with Gasteiger partial charge in [0.05, 0.1) is 6.61 Å². The maximum atomic E-state index is 13.1. The zero-order chi connectivity index (χ0) is 20.1. The first kappa shape index (κ1) is 19.4. The number of thiophene rings is 1. The van der Waals surface area contributed by atoms with Crippen LogP contribution in [0.1, 0.15) is 29.4 Å². The lowest BCUT2D eigenvalue weighted by molar-refractivity contribution is 0.0934. The predicted octanol–water partition coefficient (Wildman–Crippen LogP) is 4.00. The van der Waals surface area contributed by atoms with Crippen LogP contribution < -0.4 is 15.0 Å². The molecule has 0 aliphatic carbocycles. The second-order valence-electron chi connectivity index (χ2n) is 6.91. The van der Waals surface area contributed by atoms with Crippen LogP contribution in [0.25, 0.3) is 10.4 Å². The molecule has 1 amide bonds. The third kappa shape index (κ3) is 4.56. The van der Waals surface area contributed by atoms with Crippen molar-refractivity contribution in [3.8, 4) is 16.2 Å². The number of carbonyl (C=O) groups is 1. The van der Waals surface area contributed by atoms with Crippen LogP contribution in [0, 0.1) is 0 Å². The monoisotopic (exact) mass is 408 g/mol. The summed E-state index contributed by atoms with van der Waals surface area (Å²) in [5, 5.41) is 3.19. The van der Waals surface area contributed by atoms with Crippen molar-refractivity contribution in [3.05, 3.63) is 59.7 Å². The second-order valence-corrected chi connectivity index (χ2v) is 7.96. The molecule has 0 bridgehead atoms. The molecule has 3 aromatic rings. The maximum absolute atomic E-state index is 13.1. The van der Waals surface area contributed by atoms with E-state index in [2.05, 4.69) is 20.2 Å². The normalized spacial score (nSPS) is 16.4. The van der Waals surface area contributed by atoms with Gasteiger partial charge in [-0.25, -0.2) is 9.97 Å². The second kappa shape index (κ2) is 9.05. The molecule has 1 aliphatic heterocycles. The number of nitrogens with one attached hydrogen (secondary N) is 1. The Labute approximate surface area is 174 Å². The van der Waals surface area contributed by atoms with Gasteiger partial charge in [-0.05, 0) is 37.5 Å². The Morgan fingerprint density at radius 2 is 2.03 bits per heavy atom. The molecule has 1 N–H and O–H groups in total. The average Bonchev–Trinajstić information content (AvgIpc) is 3.20. The first-order valence-electron chi connectivity index (χ1n) is 9.89. The van der Waals surface area contributed by atoms with E-state index in [0.717, 1.165) is 29.8 Å². The van der Waals surface area contributed by atoms with E-state index in [1.165, 1.54) is 11.3 Å². The Balaban J connectivity index is 1.49. The lowest BCUT2D eigenvalue weighted by Crippen LogP contribution is -2.48. The molecule has 6 nitrogen and oxygen atoms in total. The van der Waals surface area contributed by atoms with Crippen LogP contribution in [0.5, 0.6) is 5.75 Å². The maximum Gasteiger partial charge on any atom is 0.265 e. The standard InChI is InChI=1S/C22H24N4O2S/c1-2-28-18-14-19(16-8-4-3-5-9-16)29-20(18)21(27)25-17-10-6-13-26(15-17)22-23-11-7-12-24-22/h3-5,7-9,11-12,14,17H,2,6,10,13,15H2,1H3,(H,25,27). The molecular formula is C22H24N4O2S. The number of ether oxygens (including phenoxy) is 1. The number of nitrogens with zero attached hydrogens (tertiary/aromatic N) is 3. The van der Waals surface area contributed by atoms with Crippen molar-refractivity contribution in [2.24, 2.45) is 0 Å². The van der Waals surface area contributed by atoms with E-state index in [-0.39, 0.29) is 11.9 Å². The van der Waals surface area contributed by atoms with E-state index in [1.807, 2.05) is 49.4 Å². The van der Waals surface area contributed by atoms with Gasteiger partial charge in [-0.1, -0.05) is 30.3 Å². The van der Waals surface area contributed by atoms with Crippen molar-refractivity contribution in [1.29, 1.82) is 0 Å². The summed E-state index contributed by atoms with van der Waals surface area (Å²) in [7, 11) is 0. The summed E-state index contributed by atoms with van der Waals surface area (Å²) in [5.41, 5.74) is 1.09. The number of benzene rings is 1. The topological polar surface area (TPSA) is 67.3 Å². The molecule has 2 aromatic heterocycles. The highest BCUT2D eigenvalue weighted by Gasteiger charge is 2.26. The quantitative estimate of drug-likeness (QED) is 0.668. The Morgan fingerprint density at radius 3 is 2.79 bits per heavy atom. The zero-order valence-electron chi connectivity index (χ0n) is 16.4. The van der Waals surface area contributed by atoms with Gasteiger partial charge in [0.15, 0.2) is 0 Å². The minimum Gasteiger partial charge on any atom is -0.492 e. The zero-order valence-corrected chi connectivity index (χ0v) is 17.2. The van der Waals surface area contributed by atoms with Gasteiger partial charge >= 0.3 is 0 Å². The van der Waals surface area contributed by atoms with Gasteiger partial charge in [-0.2, -0.15) is 0 Å². The van der Waals surface area contributed by atoms with E-state index in [1.54, 1.807) is 12.4 Å². The first-order chi connectivity index (χ1) is 14.2. The molecule has 1 saturated heterocycles. The molecule has 1 aliphatic rings. The Morgan fingerprint density at radius 1 is 1.24 bits per heavy atom. The summed E-state index contributed by atoms with van der Waals surface area (Å²) in [4.78, 5) is 25.5. The van der Waals surface area contributed by atoms with Crippen LogP contribution in [-0.2, 0) is 0 Å². The number of rotatable bonds is 6. The lowest BCUT2D eigenvalue weighted by atomic mass is 10.1. The summed E-state index contributed by atoms with van der Waals surface area (Å²) < 4.78 is 5.76. The van der Waals surface area contributed by atoms with E-state index in [9.17, 15) is 4.79 Å². The summed E-state index contributed by atoms with van der Waals surface area (Å²) in [5.74, 6) is 1.28. The molecule has 1 fully saturated rings. The number of carbonyl (C=O) groups excluding carboxylic acids is 1. The molecule has 3 heterocycles. The van der Waals surface area contributed by atoms with Gasteiger partial charge in [0.1, 0.15) is 10.6 Å². The molecule has 7 heteroatoms. The predicted molar refractivity (Wildman–Crippen MR) is 116 cm³/mol. The Bertz CT molecular complexity index is 946.